The monoisotopic (exact) mass is 569 g/mol. The average molecular weight is 570 g/mol. The fraction of sp³-hybridized carbons (Fsp3) is 0.0513. The lowest BCUT2D eigenvalue weighted by atomic mass is 9.92. The number of hydrogen-bond acceptors (Lipinski definition) is 4. The van der Waals surface area contributed by atoms with Gasteiger partial charge in [-0.25, -0.2) is 4.99 Å². The van der Waals surface area contributed by atoms with Gasteiger partial charge in [0.1, 0.15) is 18.2 Å². The SMILES string of the molecule is c1ccc(C2NC(c3c4ccccc4cc4c3ccc3ccccc34)=NC(c3cccc4sc5ccccc5c34)N2)cc1. The van der Waals surface area contributed by atoms with Crippen molar-refractivity contribution < 1.29 is 0 Å². The first-order valence-electron chi connectivity index (χ1n) is 14.7. The highest BCUT2D eigenvalue weighted by Crippen LogP contribution is 2.40. The number of fused-ring (bicyclic) bond motifs is 7. The summed E-state index contributed by atoms with van der Waals surface area (Å²) in [4.78, 5) is 5.51. The van der Waals surface area contributed by atoms with Gasteiger partial charge in [0, 0.05) is 31.3 Å². The van der Waals surface area contributed by atoms with E-state index in [9.17, 15) is 0 Å². The molecule has 2 N–H and O–H groups in total. The average Bonchev–Trinajstić information content (AvgIpc) is 3.46. The van der Waals surface area contributed by atoms with Crippen LogP contribution in [0.15, 0.2) is 145 Å². The summed E-state index contributed by atoms with van der Waals surface area (Å²) in [7, 11) is 0. The number of aliphatic imine (C=N–C) groups is 1. The summed E-state index contributed by atoms with van der Waals surface area (Å²) < 4.78 is 2.59. The van der Waals surface area contributed by atoms with Crippen LogP contribution in [-0.2, 0) is 0 Å². The molecule has 0 fully saturated rings. The molecule has 2 atom stereocenters. The maximum atomic E-state index is 5.51. The van der Waals surface area contributed by atoms with Gasteiger partial charge in [0.15, 0.2) is 0 Å². The summed E-state index contributed by atoms with van der Waals surface area (Å²) in [6, 6.07) is 50.2. The van der Waals surface area contributed by atoms with Gasteiger partial charge in [-0.15, -0.1) is 11.3 Å². The van der Waals surface area contributed by atoms with Crippen LogP contribution in [0.4, 0.5) is 0 Å². The standard InChI is InChI=1S/C39H27N3S/c1-2-12-25(13-3-1)37-40-38(31-18-10-20-34-35(31)30-17-8-9-19-33(30)43-34)42-39(41-37)36-28-16-7-5-14-26(28)23-32-27-15-6-4-11-24(27)21-22-29(32)36/h1-23,37-38,40H,(H,41,42). The molecule has 43 heavy (non-hydrogen) atoms. The van der Waals surface area contributed by atoms with Crippen LogP contribution in [-0.4, -0.2) is 5.84 Å². The Morgan fingerprint density at radius 3 is 2.14 bits per heavy atom. The highest BCUT2D eigenvalue weighted by atomic mass is 32.1. The van der Waals surface area contributed by atoms with Gasteiger partial charge < -0.3 is 5.32 Å². The highest BCUT2D eigenvalue weighted by molar-refractivity contribution is 7.25. The van der Waals surface area contributed by atoms with Gasteiger partial charge in [0.2, 0.25) is 0 Å². The summed E-state index contributed by atoms with van der Waals surface area (Å²) in [5.41, 5.74) is 3.52. The van der Waals surface area contributed by atoms with Crippen LogP contribution in [0.1, 0.15) is 29.0 Å². The minimum atomic E-state index is -0.238. The van der Waals surface area contributed by atoms with E-state index in [-0.39, 0.29) is 12.3 Å². The lowest BCUT2D eigenvalue weighted by molar-refractivity contribution is 0.411. The predicted molar refractivity (Wildman–Crippen MR) is 183 cm³/mol. The first-order chi connectivity index (χ1) is 21.3. The minimum absolute atomic E-state index is 0.117. The molecule has 2 unspecified atom stereocenters. The Balaban J connectivity index is 1.34. The molecule has 4 heteroatoms. The molecule has 1 aromatic heterocycles. The lowest BCUT2D eigenvalue weighted by Crippen LogP contribution is -2.45. The highest BCUT2D eigenvalue weighted by Gasteiger charge is 2.29. The zero-order valence-corrected chi connectivity index (χ0v) is 24.1. The van der Waals surface area contributed by atoms with Crippen molar-refractivity contribution in [1.29, 1.82) is 0 Å². The fourth-order valence-electron chi connectivity index (χ4n) is 6.77. The Hall–Kier alpha value is -5.03. The number of nitrogens with zero attached hydrogens (tertiary/aromatic N) is 1. The van der Waals surface area contributed by atoms with E-state index >= 15 is 0 Å². The second-order valence-electron chi connectivity index (χ2n) is 11.2. The largest absolute Gasteiger partial charge is 0.350 e. The van der Waals surface area contributed by atoms with Gasteiger partial charge in [0.25, 0.3) is 0 Å². The third-order valence-electron chi connectivity index (χ3n) is 8.73. The van der Waals surface area contributed by atoms with E-state index in [1.54, 1.807) is 0 Å². The van der Waals surface area contributed by atoms with Crippen LogP contribution < -0.4 is 10.6 Å². The van der Waals surface area contributed by atoms with Crippen molar-refractivity contribution in [3.63, 3.8) is 0 Å². The van der Waals surface area contributed by atoms with Gasteiger partial charge in [-0.3, -0.25) is 5.32 Å². The zero-order chi connectivity index (χ0) is 28.3. The maximum Gasteiger partial charge on any atom is 0.133 e. The van der Waals surface area contributed by atoms with E-state index in [0.29, 0.717) is 0 Å². The van der Waals surface area contributed by atoms with Gasteiger partial charge in [0.05, 0.1) is 0 Å². The molecule has 0 bridgehead atoms. The Bertz CT molecular complexity index is 2370. The molecule has 8 aromatic rings. The van der Waals surface area contributed by atoms with Crippen molar-refractivity contribution in [2.24, 2.45) is 4.99 Å². The number of benzene rings is 7. The first-order valence-corrected chi connectivity index (χ1v) is 15.5. The van der Waals surface area contributed by atoms with Crippen LogP contribution >= 0.6 is 11.3 Å². The third-order valence-corrected chi connectivity index (χ3v) is 9.87. The topological polar surface area (TPSA) is 36.4 Å². The van der Waals surface area contributed by atoms with E-state index in [0.717, 1.165) is 11.4 Å². The number of nitrogens with one attached hydrogen (secondary N) is 2. The molecule has 0 aliphatic carbocycles. The van der Waals surface area contributed by atoms with E-state index in [2.05, 4.69) is 150 Å². The van der Waals surface area contributed by atoms with Crippen LogP contribution in [0.2, 0.25) is 0 Å². The van der Waals surface area contributed by atoms with Gasteiger partial charge in [-0.05, 0) is 56.1 Å². The molecule has 9 rings (SSSR count). The quantitative estimate of drug-likeness (QED) is 0.164. The van der Waals surface area contributed by atoms with Crippen LogP contribution in [0, 0.1) is 0 Å². The molecule has 0 saturated carbocycles. The van der Waals surface area contributed by atoms with Crippen molar-refractivity contribution in [3.05, 3.63) is 156 Å². The number of rotatable bonds is 3. The summed E-state index contributed by atoms with van der Waals surface area (Å²) in [6.07, 6.45) is -0.356. The molecule has 2 heterocycles. The number of hydrogen-bond donors (Lipinski definition) is 2. The molecular formula is C39H27N3S. The molecule has 204 valence electrons. The van der Waals surface area contributed by atoms with Crippen molar-refractivity contribution in [3.8, 4) is 0 Å². The first kappa shape index (κ1) is 24.6. The van der Waals surface area contributed by atoms with Crippen LogP contribution in [0.3, 0.4) is 0 Å². The molecular weight excluding hydrogens is 543 g/mol. The lowest BCUT2D eigenvalue weighted by Gasteiger charge is -2.33. The van der Waals surface area contributed by atoms with E-state index in [4.69, 9.17) is 4.99 Å². The van der Waals surface area contributed by atoms with Crippen molar-refractivity contribution in [2.45, 2.75) is 12.3 Å². The molecule has 1 aliphatic heterocycles. The molecule has 3 nitrogen and oxygen atoms in total. The molecule has 0 saturated heterocycles. The Morgan fingerprint density at radius 1 is 0.535 bits per heavy atom. The van der Waals surface area contributed by atoms with E-state index < -0.39 is 0 Å². The minimum Gasteiger partial charge on any atom is -0.350 e. The zero-order valence-electron chi connectivity index (χ0n) is 23.3. The normalized spacial score (nSPS) is 17.1. The maximum absolute atomic E-state index is 5.51. The number of amidine groups is 1. The second-order valence-corrected chi connectivity index (χ2v) is 12.3. The predicted octanol–water partition coefficient (Wildman–Crippen LogP) is 9.85. The van der Waals surface area contributed by atoms with E-state index in [1.807, 2.05) is 11.3 Å². The molecule has 0 amide bonds. The third kappa shape index (κ3) is 3.95. The summed E-state index contributed by atoms with van der Waals surface area (Å²) in [5, 5.41) is 17.6. The van der Waals surface area contributed by atoms with Gasteiger partial charge >= 0.3 is 0 Å². The van der Waals surface area contributed by atoms with Gasteiger partial charge in [-0.2, -0.15) is 0 Å². The molecule has 0 spiro atoms. The number of thiophene rings is 1. The molecule has 1 aliphatic rings. The second kappa shape index (κ2) is 9.77. The smallest absolute Gasteiger partial charge is 0.133 e. The van der Waals surface area contributed by atoms with Crippen LogP contribution in [0.25, 0.3) is 52.5 Å². The Kier molecular flexibility index (Phi) is 5.58. The molecule has 0 radical (unpaired) electrons. The van der Waals surface area contributed by atoms with E-state index in [1.165, 1.54) is 63.6 Å². The van der Waals surface area contributed by atoms with Crippen molar-refractivity contribution >= 4 is 69.7 Å². The van der Waals surface area contributed by atoms with Crippen molar-refractivity contribution in [1.82, 2.24) is 10.6 Å². The summed E-state index contributed by atoms with van der Waals surface area (Å²) in [6.45, 7) is 0. The fourth-order valence-corrected chi connectivity index (χ4v) is 7.91. The van der Waals surface area contributed by atoms with Gasteiger partial charge in [-0.1, -0.05) is 121 Å². The Morgan fingerprint density at radius 2 is 1.26 bits per heavy atom. The molecule has 7 aromatic carbocycles. The van der Waals surface area contributed by atoms with Crippen LogP contribution in [0.5, 0.6) is 0 Å². The summed E-state index contributed by atoms with van der Waals surface area (Å²) >= 11 is 1.85. The summed E-state index contributed by atoms with van der Waals surface area (Å²) in [5.74, 6) is 0.909. The Labute approximate surface area is 253 Å². The van der Waals surface area contributed by atoms with Crippen molar-refractivity contribution in [2.75, 3.05) is 0 Å².